The molecule has 144 valence electrons. The maximum atomic E-state index is 12.5. The van der Waals surface area contributed by atoms with E-state index in [9.17, 15) is 14.4 Å². The maximum absolute atomic E-state index is 12.5. The molecule has 7 heteroatoms. The number of hydrogen-bond acceptors (Lipinski definition) is 4. The first kappa shape index (κ1) is 21.5. The van der Waals surface area contributed by atoms with Gasteiger partial charge in [-0.3, -0.25) is 9.59 Å². The van der Waals surface area contributed by atoms with Gasteiger partial charge in [-0.15, -0.1) is 0 Å². The van der Waals surface area contributed by atoms with E-state index in [2.05, 4.69) is 10.6 Å². The number of alkyl carbamates (subject to hydrolysis) is 1. The van der Waals surface area contributed by atoms with Crippen molar-refractivity contribution in [3.8, 4) is 0 Å². The Labute approximate surface area is 154 Å². The fraction of sp³-hybridized carbons (Fsp3) is 0.526. The number of nitrogens with two attached hydrogens (primary N) is 1. The molecule has 0 aliphatic heterocycles. The summed E-state index contributed by atoms with van der Waals surface area (Å²) in [6.07, 6.45) is 0.877. The van der Waals surface area contributed by atoms with Gasteiger partial charge >= 0.3 is 6.09 Å². The molecule has 0 aliphatic carbocycles. The van der Waals surface area contributed by atoms with E-state index in [1.807, 2.05) is 51.1 Å². The van der Waals surface area contributed by atoms with E-state index in [1.165, 1.54) is 0 Å². The summed E-state index contributed by atoms with van der Waals surface area (Å²) < 4.78 is 5.15. The van der Waals surface area contributed by atoms with E-state index in [0.29, 0.717) is 19.3 Å². The molecule has 3 amide bonds. The van der Waals surface area contributed by atoms with Crippen LogP contribution >= 0.6 is 0 Å². The number of hydrogen-bond donors (Lipinski definition) is 3. The molecule has 1 aromatic rings. The molecule has 1 rings (SSSR count). The number of carbonyl (C=O) groups excluding carboxylic acids is 3. The minimum absolute atomic E-state index is 0.115. The van der Waals surface area contributed by atoms with Crippen molar-refractivity contribution >= 4 is 17.9 Å². The lowest BCUT2D eigenvalue weighted by atomic mass is 10.0. The normalized spacial score (nSPS) is 12.9. The molecule has 0 aliphatic rings. The molecule has 0 saturated carbocycles. The van der Waals surface area contributed by atoms with Crippen LogP contribution in [0.4, 0.5) is 4.79 Å². The summed E-state index contributed by atoms with van der Waals surface area (Å²) in [4.78, 5) is 36.0. The van der Waals surface area contributed by atoms with E-state index in [0.717, 1.165) is 5.56 Å². The van der Waals surface area contributed by atoms with Gasteiger partial charge in [0.2, 0.25) is 11.8 Å². The Morgan fingerprint density at radius 2 is 1.73 bits per heavy atom. The van der Waals surface area contributed by atoms with Crippen LogP contribution in [-0.4, -0.2) is 30.0 Å². The maximum Gasteiger partial charge on any atom is 0.408 e. The molecule has 0 saturated heterocycles. The predicted octanol–water partition coefficient (Wildman–Crippen LogP) is 2.10. The lowest BCUT2D eigenvalue weighted by molar-refractivity contribution is -0.129. The summed E-state index contributed by atoms with van der Waals surface area (Å²) >= 11 is 0. The minimum Gasteiger partial charge on any atom is -0.445 e. The monoisotopic (exact) mass is 363 g/mol. The molecule has 0 aromatic heterocycles. The van der Waals surface area contributed by atoms with Crippen molar-refractivity contribution in [1.29, 1.82) is 0 Å². The second-order valence-corrected chi connectivity index (χ2v) is 6.64. The SMILES string of the molecule is CCC[C@H](NC(=O)OCc1ccccc1)C(=O)N[C@H](CC(C)C)C(N)=O. The standard InChI is InChI=1S/C19H29N3O4/c1-4-8-15(18(24)21-16(17(20)23)11-13(2)3)22-19(25)26-12-14-9-6-5-7-10-14/h5-7,9-10,13,15-16H,4,8,11-12H2,1-3H3,(H2,20,23)(H,21,24)(H,22,25)/t15-,16+/m0/s1. The van der Waals surface area contributed by atoms with Gasteiger partial charge in [0.15, 0.2) is 0 Å². The highest BCUT2D eigenvalue weighted by Gasteiger charge is 2.26. The minimum atomic E-state index is -0.780. The third-order valence-electron chi connectivity index (χ3n) is 3.77. The largest absolute Gasteiger partial charge is 0.445 e. The van der Waals surface area contributed by atoms with Gasteiger partial charge in [0.1, 0.15) is 18.7 Å². The van der Waals surface area contributed by atoms with E-state index >= 15 is 0 Å². The molecule has 4 N–H and O–H groups in total. The quantitative estimate of drug-likeness (QED) is 0.591. The summed E-state index contributed by atoms with van der Waals surface area (Å²) in [5, 5.41) is 5.19. The first-order chi connectivity index (χ1) is 12.3. The fourth-order valence-electron chi connectivity index (χ4n) is 2.45. The van der Waals surface area contributed by atoms with Crippen LogP contribution in [0.5, 0.6) is 0 Å². The average Bonchev–Trinajstić information content (AvgIpc) is 2.59. The van der Waals surface area contributed by atoms with Crippen molar-refractivity contribution in [2.75, 3.05) is 0 Å². The molecule has 0 heterocycles. The average molecular weight is 363 g/mol. The Morgan fingerprint density at radius 3 is 2.27 bits per heavy atom. The van der Waals surface area contributed by atoms with Crippen LogP contribution in [-0.2, 0) is 20.9 Å². The molecular weight excluding hydrogens is 334 g/mol. The van der Waals surface area contributed by atoms with Crippen LogP contribution in [0.25, 0.3) is 0 Å². The van der Waals surface area contributed by atoms with Gasteiger partial charge in [0, 0.05) is 0 Å². The molecule has 0 unspecified atom stereocenters. The first-order valence-electron chi connectivity index (χ1n) is 8.90. The van der Waals surface area contributed by atoms with Crippen LogP contribution < -0.4 is 16.4 Å². The number of amides is 3. The second-order valence-electron chi connectivity index (χ2n) is 6.64. The number of rotatable bonds is 10. The molecule has 26 heavy (non-hydrogen) atoms. The summed E-state index contributed by atoms with van der Waals surface area (Å²) in [7, 11) is 0. The fourth-order valence-corrected chi connectivity index (χ4v) is 2.45. The third kappa shape index (κ3) is 8.00. The summed E-state index contributed by atoms with van der Waals surface area (Å²) in [6.45, 7) is 5.89. The van der Waals surface area contributed by atoms with Crippen molar-refractivity contribution in [2.24, 2.45) is 11.7 Å². The number of benzene rings is 1. The summed E-state index contributed by atoms with van der Waals surface area (Å²) in [5.41, 5.74) is 6.21. The van der Waals surface area contributed by atoms with Crippen molar-refractivity contribution in [3.63, 3.8) is 0 Å². The van der Waals surface area contributed by atoms with Gasteiger partial charge in [0.05, 0.1) is 0 Å². The molecule has 7 nitrogen and oxygen atoms in total. The lowest BCUT2D eigenvalue weighted by Crippen LogP contribution is -2.53. The Hall–Kier alpha value is -2.57. The van der Waals surface area contributed by atoms with Gasteiger partial charge in [-0.2, -0.15) is 0 Å². The summed E-state index contributed by atoms with van der Waals surface area (Å²) in [5.74, 6) is -0.830. The van der Waals surface area contributed by atoms with E-state index in [-0.39, 0.29) is 12.5 Å². The van der Waals surface area contributed by atoms with E-state index < -0.39 is 30.0 Å². The van der Waals surface area contributed by atoms with Crippen LogP contribution in [0.15, 0.2) is 30.3 Å². The molecule has 2 atom stereocenters. The van der Waals surface area contributed by atoms with Crippen molar-refractivity contribution in [2.45, 2.75) is 58.7 Å². The Kier molecular flexibility index (Phi) is 9.19. The Bertz CT molecular complexity index is 590. The smallest absolute Gasteiger partial charge is 0.408 e. The van der Waals surface area contributed by atoms with Gasteiger partial charge in [-0.25, -0.2) is 4.79 Å². The summed E-state index contributed by atoms with van der Waals surface area (Å²) in [6, 6.07) is 7.71. The van der Waals surface area contributed by atoms with Gasteiger partial charge < -0.3 is 21.1 Å². The van der Waals surface area contributed by atoms with Crippen LogP contribution in [0.3, 0.4) is 0 Å². The van der Waals surface area contributed by atoms with Crippen LogP contribution in [0.1, 0.15) is 45.6 Å². The molecular formula is C19H29N3O4. The number of nitrogens with one attached hydrogen (secondary N) is 2. The van der Waals surface area contributed by atoms with Crippen molar-refractivity contribution in [1.82, 2.24) is 10.6 Å². The number of ether oxygens (including phenoxy) is 1. The van der Waals surface area contributed by atoms with Gasteiger partial charge in [-0.1, -0.05) is 57.5 Å². The Balaban J connectivity index is 2.60. The highest BCUT2D eigenvalue weighted by Crippen LogP contribution is 2.07. The van der Waals surface area contributed by atoms with Crippen molar-refractivity contribution < 1.29 is 19.1 Å². The zero-order valence-electron chi connectivity index (χ0n) is 15.7. The highest BCUT2D eigenvalue weighted by molar-refractivity contribution is 5.90. The molecule has 1 aromatic carbocycles. The molecule has 0 spiro atoms. The second kappa shape index (κ2) is 11.1. The highest BCUT2D eigenvalue weighted by atomic mass is 16.5. The third-order valence-corrected chi connectivity index (χ3v) is 3.77. The number of carbonyl (C=O) groups is 3. The Morgan fingerprint density at radius 1 is 1.08 bits per heavy atom. The lowest BCUT2D eigenvalue weighted by Gasteiger charge is -2.22. The number of primary amides is 1. The van der Waals surface area contributed by atoms with Crippen molar-refractivity contribution in [3.05, 3.63) is 35.9 Å². The molecule has 0 fully saturated rings. The first-order valence-corrected chi connectivity index (χ1v) is 8.90. The zero-order valence-corrected chi connectivity index (χ0v) is 15.7. The van der Waals surface area contributed by atoms with Crippen LogP contribution in [0.2, 0.25) is 0 Å². The molecule has 0 bridgehead atoms. The van der Waals surface area contributed by atoms with Crippen LogP contribution in [0, 0.1) is 5.92 Å². The predicted molar refractivity (Wildman–Crippen MR) is 99.0 cm³/mol. The van der Waals surface area contributed by atoms with Gasteiger partial charge in [0.25, 0.3) is 0 Å². The molecule has 0 radical (unpaired) electrons. The van der Waals surface area contributed by atoms with E-state index in [1.54, 1.807) is 0 Å². The topological polar surface area (TPSA) is 111 Å². The van der Waals surface area contributed by atoms with Gasteiger partial charge in [-0.05, 0) is 24.3 Å². The van der Waals surface area contributed by atoms with E-state index in [4.69, 9.17) is 10.5 Å². The zero-order chi connectivity index (χ0) is 19.5.